The number of hydrogen-bond donors (Lipinski definition) is 0. The topological polar surface area (TPSA) is 35.5 Å². The maximum atomic E-state index is 10.8. The Morgan fingerprint density at radius 3 is 2.33 bits per heavy atom. The Kier molecular flexibility index (Phi) is 3.97. The average Bonchev–Trinajstić information content (AvgIpc) is 2.38. The van der Waals surface area contributed by atoms with E-state index in [2.05, 4.69) is 0 Å². The molecule has 0 saturated heterocycles. The van der Waals surface area contributed by atoms with Crippen molar-refractivity contribution in [2.75, 3.05) is 6.61 Å². The van der Waals surface area contributed by atoms with Gasteiger partial charge < -0.3 is 9.47 Å². The van der Waals surface area contributed by atoms with E-state index < -0.39 is 0 Å². The zero-order valence-electron chi connectivity index (χ0n) is 10.1. The second-order valence-electron chi connectivity index (χ2n) is 3.88. The lowest BCUT2D eigenvalue weighted by Crippen LogP contribution is -2.06. The van der Waals surface area contributed by atoms with Crippen molar-refractivity contribution in [2.24, 2.45) is 0 Å². The molecular formula is C15H14O3. The first kappa shape index (κ1) is 12.2. The van der Waals surface area contributed by atoms with Crippen molar-refractivity contribution < 1.29 is 14.3 Å². The van der Waals surface area contributed by atoms with Crippen molar-refractivity contribution in [3.05, 3.63) is 54.6 Å². The van der Waals surface area contributed by atoms with Gasteiger partial charge in [-0.15, -0.1) is 0 Å². The van der Waals surface area contributed by atoms with Gasteiger partial charge in [0.2, 0.25) is 0 Å². The summed E-state index contributed by atoms with van der Waals surface area (Å²) in [4.78, 5) is 10.8. The third-order valence-corrected chi connectivity index (χ3v) is 2.23. The van der Waals surface area contributed by atoms with Gasteiger partial charge in [-0.1, -0.05) is 24.3 Å². The molecule has 0 aliphatic rings. The van der Waals surface area contributed by atoms with Crippen LogP contribution in [0.2, 0.25) is 0 Å². The SMILES string of the molecule is CC(=O)COc1cccc(Oc2ccccc2)c1. The average molecular weight is 242 g/mol. The lowest BCUT2D eigenvalue weighted by Gasteiger charge is -2.08. The molecule has 2 aromatic rings. The molecule has 0 aromatic heterocycles. The lowest BCUT2D eigenvalue weighted by molar-refractivity contribution is -0.118. The molecule has 3 heteroatoms. The second kappa shape index (κ2) is 5.87. The van der Waals surface area contributed by atoms with Crippen LogP contribution in [0.4, 0.5) is 0 Å². The van der Waals surface area contributed by atoms with Crippen molar-refractivity contribution in [3.63, 3.8) is 0 Å². The van der Waals surface area contributed by atoms with Crippen molar-refractivity contribution in [3.8, 4) is 17.2 Å². The molecule has 0 aliphatic carbocycles. The fourth-order valence-electron chi connectivity index (χ4n) is 1.44. The van der Waals surface area contributed by atoms with Crippen LogP contribution in [0.3, 0.4) is 0 Å². The molecular weight excluding hydrogens is 228 g/mol. The van der Waals surface area contributed by atoms with Crippen LogP contribution in [0.15, 0.2) is 54.6 Å². The van der Waals surface area contributed by atoms with E-state index in [0.29, 0.717) is 11.5 Å². The van der Waals surface area contributed by atoms with Gasteiger partial charge in [-0.05, 0) is 31.2 Å². The predicted molar refractivity (Wildman–Crippen MR) is 69.1 cm³/mol. The highest BCUT2D eigenvalue weighted by molar-refractivity contribution is 5.77. The van der Waals surface area contributed by atoms with Crippen molar-refractivity contribution >= 4 is 5.78 Å². The van der Waals surface area contributed by atoms with Gasteiger partial charge in [0.15, 0.2) is 5.78 Å². The summed E-state index contributed by atoms with van der Waals surface area (Å²) in [6.45, 7) is 1.57. The summed E-state index contributed by atoms with van der Waals surface area (Å²) in [5.41, 5.74) is 0. The van der Waals surface area contributed by atoms with E-state index in [-0.39, 0.29) is 12.4 Å². The molecule has 3 nitrogen and oxygen atoms in total. The number of carbonyl (C=O) groups excluding carboxylic acids is 1. The fourth-order valence-corrected chi connectivity index (χ4v) is 1.44. The van der Waals surface area contributed by atoms with Gasteiger partial charge in [-0.2, -0.15) is 0 Å². The Balaban J connectivity index is 2.05. The number of hydrogen-bond acceptors (Lipinski definition) is 3. The summed E-state index contributed by atoms with van der Waals surface area (Å²) in [6.07, 6.45) is 0. The van der Waals surface area contributed by atoms with Crippen molar-refractivity contribution in [2.45, 2.75) is 6.92 Å². The third kappa shape index (κ3) is 3.63. The van der Waals surface area contributed by atoms with Crippen LogP contribution in [0, 0.1) is 0 Å². The Hall–Kier alpha value is -2.29. The molecule has 92 valence electrons. The van der Waals surface area contributed by atoms with E-state index in [9.17, 15) is 4.79 Å². The molecule has 0 fully saturated rings. The molecule has 0 atom stereocenters. The summed E-state index contributed by atoms with van der Waals surface area (Å²) >= 11 is 0. The van der Waals surface area contributed by atoms with E-state index >= 15 is 0 Å². The molecule has 2 aromatic carbocycles. The van der Waals surface area contributed by atoms with Gasteiger partial charge in [0.05, 0.1) is 0 Å². The zero-order chi connectivity index (χ0) is 12.8. The van der Waals surface area contributed by atoms with Crippen LogP contribution >= 0.6 is 0 Å². The smallest absolute Gasteiger partial charge is 0.167 e. The molecule has 0 heterocycles. The first-order valence-corrected chi connectivity index (χ1v) is 5.69. The number of ketones is 1. The van der Waals surface area contributed by atoms with E-state index in [1.807, 2.05) is 42.5 Å². The fraction of sp³-hybridized carbons (Fsp3) is 0.133. The Morgan fingerprint density at radius 2 is 1.61 bits per heavy atom. The van der Waals surface area contributed by atoms with E-state index in [4.69, 9.17) is 9.47 Å². The molecule has 0 spiro atoms. The van der Waals surface area contributed by atoms with Crippen LogP contribution in [0.25, 0.3) is 0 Å². The van der Waals surface area contributed by atoms with Gasteiger partial charge in [0.25, 0.3) is 0 Å². The maximum absolute atomic E-state index is 10.8. The number of para-hydroxylation sites is 1. The van der Waals surface area contributed by atoms with Crippen LogP contribution in [-0.4, -0.2) is 12.4 Å². The van der Waals surface area contributed by atoms with Crippen LogP contribution in [0.1, 0.15) is 6.92 Å². The highest BCUT2D eigenvalue weighted by Crippen LogP contribution is 2.24. The van der Waals surface area contributed by atoms with Crippen molar-refractivity contribution in [1.29, 1.82) is 0 Å². The summed E-state index contributed by atoms with van der Waals surface area (Å²) in [7, 11) is 0. The monoisotopic (exact) mass is 242 g/mol. The minimum atomic E-state index is -0.00983. The quantitative estimate of drug-likeness (QED) is 0.805. The number of benzene rings is 2. The maximum Gasteiger partial charge on any atom is 0.167 e. The first-order chi connectivity index (χ1) is 8.74. The molecule has 18 heavy (non-hydrogen) atoms. The highest BCUT2D eigenvalue weighted by Gasteiger charge is 2.00. The van der Waals surface area contributed by atoms with Gasteiger partial charge in [-0.3, -0.25) is 4.79 Å². The summed E-state index contributed by atoms with van der Waals surface area (Å²) in [5, 5.41) is 0. The van der Waals surface area contributed by atoms with E-state index in [1.165, 1.54) is 6.92 Å². The highest BCUT2D eigenvalue weighted by atomic mass is 16.5. The van der Waals surface area contributed by atoms with E-state index in [0.717, 1.165) is 5.75 Å². The molecule has 0 aliphatic heterocycles. The number of rotatable bonds is 5. The van der Waals surface area contributed by atoms with Crippen LogP contribution in [-0.2, 0) is 4.79 Å². The van der Waals surface area contributed by atoms with Crippen LogP contribution in [0.5, 0.6) is 17.2 Å². The number of Topliss-reactive ketones (excluding diaryl/α,β-unsaturated/α-hetero) is 1. The lowest BCUT2D eigenvalue weighted by atomic mass is 10.3. The number of carbonyl (C=O) groups is 1. The molecule has 0 saturated carbocycles. The Bertz CT molecular complexity index is 520. The predicted octanol–water partition coefficient (Wildman–Crippen LogP) is 3.45. The molecule has 0 N–H and O–H groups in total. The van der Waals surface area contributed by atoms with Crippen molar-refractivity contribution in [1.82, 2.24) is 0 Å². The van der Waals surface area contributed by atoms with Gasteiger partial charge in [0.1, 0.15) is 23.9 Å². The van der Waals surface area contributed by atoms with Crippen LogP contribution < -0.4 is 9.47 Å². The third-order valence-electron chi connectivity index (χ3n) is 2.23. The van der Waals surface area contributed by atoms with E-state index in [1.54, 1.807) is 12.1 Å². The van der Waals surface area contributed by atoms with Gasteiger partial charge >= 0.3 is 0 Å². The molecule has 0 bridgehead atoms. The Morgan fingerprint density at radius 1 is 0.944 bits per heavy atom. The molecule has 0 unspecified atom stereocenters. The molecule has 0 amide bonds. The largest absolute Gasteiger partial charge is 0.486 e. The standard InChI is InChI=1S/C15H14O3/c1-12(16)11-17-14-8-5-9-15(10-14)18-13-6-3-2-4-7-13/h2-10H,11H2,1H3. The summed E-state index contributed by atoms with van der Waals surface area (Å²) in [5.74, 6) is 2.06. The summed E-state index contributed by atoms with van der Waals surface area (Å²) in [6, 6.07) is 16.7. The molecule has 0 radical (unpaired) electrons. The van der Waals surface area contributed by atoms with Gasteiger partial charge in [0, 0.05) is 6.07 Å². The number of ether oxygens (including phenoxy) is 2. The molecule has 2 rings (SSSR count). The summed E-state index contributed by atoms with van der Waals surface area (Å²) < 4.78 is 11.0. The minimum absolute atomic E-state index is 0.00983. The normalized spacial score (nSPS) is 9.83. The van der Waals surface area contributed by atoms with Gasteiger partial charge in [-0.25, -0.2) is 0 Å². The zero-order valence-corrected chi connectivity index (χ0v) is 10.1. The minimum Gasteiger partial charge on any atom is -0.486 e. The Labute approximate surface area is 106 Å². The second-order valence-corrected chi connectivity index (χ2v) is 3.88. The first-order valence-electron chi connectivity index (χ1n) is 5.69.